The summed E-state index contributed by atoms with van der Waals surface area (Å²) in [5.74, 6) is -1.67. The molecule has 1 saturated heterocycles. The van der Waals surface area contributed by atoms with Gasteiger partial charge in [0.25, 0.3) is 0 Å². The van der Waals surface area contributed by atoms with Gasteiger partial charge in [0.15, 0.2) is 0 Å². The largest absolute Gasteiger partial charge is 0.379 e. The minimum absolute atomic E-state index is 0.000391. The summed E-state index contributed by atoms with van der Waals surface area (Å²) in [7, 11) is 4.89. The SMILES string of the molecule is CC[C@H](C)[C@H](N[C@H](C(=O)NC(=O)[C@@H](NC)C(C)C)C(C)C)[C@@H](CC(=O)N1CCC[C@H]1[C@H](OC)[C@@H](C)C(=O)N[C@@H](Cc1ccccc1)c1nccs1)OC. The Morgan fingerprint density at radius 2 is 1.60 bits per heavy atom. The molecule has 2 heterocycles. The summed E-state index contributed by atoms with van der Waals surface area (Å²) in [4.78, 5) is 60.9. The summed E-state index contributed by atoms with van der Waals surface area (Å²) in [5, 5.41) is 15.1. The van der Waals surface area contributed by atoms with E-state index in [1.807, 2.05) is 75.2 Å². The third-order valence-corrected chi connectivity index (χ3v) is 11.6. The van der Waals surface area contributed by atoms with Crippen LogP contribution in [0.2, 0.25) is 0 Å². The number of nitrogens with zero attached hydrogens (tertiary/aromatic N) is 2. The Labute approximate surface area is 320 Å². The highest BCUT2D eigenvalue weighted by atomic mass is 32.1. The molecule has 53 heavy (non-hydrogen) atoms. The first kappa shape index (κ1) is 44.2. The topological polar surface area (TPSA) is 151 Å². The van der Waals surface area contributed by atoms with E-state index in [0.717, 1.165) is 23.4 Å². The maximum Gasteiger partial charge on any atom is 0.244 e. The molecule has 9 atom stereocenters. The van der Waals surface area contributed by atoms with Gasteiger partial charge in [-0.2, -0.15) is 0 Å². The van der Waals surface area contributed by atoms with E-state index < -0.39 is 36.1 Å². The first-order chi connectivity index (χ1) is 25.3. The lowest BCUT2D eigenvalue weighted by Crippen LogP contribution is -2.59. The van der Waals surface area contributed by atoms with Crippen molar-refractivity contribution < 1.29 is 28.7 Å². The molecule has 0 saturated carbocycles. The molecule has 12 nitrogen and oxygen atoms in total. The van der Waals surface area contributed by atoms with Crippen LogP contribution in [0.3, 0.4) is 0 Å². The highest BCUT2D eigenvalue weighted by molar-refractivity contribution is 7.09. The number of nitrogens with one attached hydrogen (secondary N) is 4. The second-order valence-electron chi connectivity index (χ2n) is 15.0. The van der Waals surface area contributed by atoms with E-state index >= 15 is 0 Å². The van der Waals surface area contributed by atoms with E-state index in [1.54, 1.807) is 27.5 Å². The normalized spacial score (nSPS) is 19.2. The summed E-state index contributed by atoms with van der Waals surface area (Å²) in [6.07, 6.45) is 3.62. The van der Waals surface area contributed by atoms with Crippen LogP contribution in [0.1, 0.15) is 90.8 Å². The molecule has 1 aliphatic rings. The van der Waals surface area contributed by atoms with Crippen LogP contribution in [-0.2, 0) is 35.1 Å². The van der Waals surface area contributed by atoms with Gasteiger partial charge in [0.1, 0.15) is 5.01 Å². The van der Waals surface area contributed by atoms with Gasteiger partial charge < -0.3 is 25.0 Å². The lowest BCUT2D eigenvalue weighted by atomic mass is 9.89. The number of amides is 4. The molecular formula is C40H64N6O6S. The van der Waals surface area contributed by atoms with Crippen LogP contribution in [0.15, 0.2) is 41.9 Å². The van der Waals surface area contributed by atoms with Crippen molar-refractivity contribution in [1.29, 1.82) is 0 Å². The Morgan fingerprint density at radius 3 is 2.15 bits per heavy atom. The number of benzene rings is 1. The van der Waals surface area contributed by atoms with Crippen LogP contribution < -0.4 is 21.3 Å². The van der Waals surface area contributed by atoms with Gasteiger partial charge in [-0.15, -0.1) is 11.3 Å². The first-order valence-corrected chi connectivity index (χ1v) is 20.0. The standard InChI is InChI=1S/C40H64N6O6S/c1-11-26(6)35(44-34(25(4)5)39(50)45-38(49)33(41-8)24(2)3)31(51-9)23-32(47)46-20-15-18-30(46)36(52-10)27(7)37(48)43-29(40-42-19-21-53-40)22-28-16-13-12-14-17-28/h12-14,16-17,19,21,24-27,29-31,33-36,41,44H,11,15,18,20,22-23H2,1-10H3,(H,43,48)(H,45,49,50)/t26-,27+,29-,30-,31+,33-,34-,35-,36+/m0/s1. The monoisotopic (exact) mass is 756 g/mol. The number of rotatable bonds is 21. The molecule has 1 aromatic heterocycles. The second-order valence-corrected chi connectivity index (χ2v) is 16.0. The lowest BCUT2D eigenvalue weighted by Gasteiger charge is -2.38. The van der Waals surface area contributed by atoms with Gasteiger partial charge in [0, 0.05) is 38.4 Å². The Hall–Kier alpha value is -3.23. The number of hydrogen-bond acceptors (Lipinski definition) is 10. The molecule has 0 spiro atoms. The molecule has 0 bridgehead atoms. The molecule has 4 amide bonds. The Balaban J connectivity index is 1.75. The van der Waals surface area contributed by atoms with Gasteiger partial charge in [-0.05, 0) is 49.6 Å². The molecule has 3 rings (SSSR count). The highest BCUT2D eigenvalue weighted by Crippen LogP contribution is 2.30. The smallest absolute Gasteiger partial charge is 0.244 e. The van der Waals surface area contributed by atoms with Crippen molar-refractivity contribution in [2.75, 3.05) is 27.8 Å². The van der Waals surface area contributed by atoms with Gasteiger partial charge in [0.2, 0.25) is 23.6 Å². The summed E-state index contributed by atoms with van der Waals surface area (Å²) in [6.45, 7) is 14.2. The number of likely N-dealkylation sites (N-methyl/N-ethyl adjacent to an activating group) is 1. The van der Waals surface area contributed by atoms with Crippen molar-refractivity contribution in [2.24, 2.45) is 23.7 Å². The molecule has 1 aromatic carbocycles. The number of likely N-dealkylation sites (tertiary alicyclic amines) is 1. The lowest BCUT2D eigenvalue weighted by molar-refractivity contribution is -0.142. The fourth-order valence-corrected chi connectivity index (χ4v) is 8.10. The Morgan fingerprint density at radius 1 is 0.943 bits per heavy atom. The van der Waals surface area contributed by atoms with Crippen LogP contribution in [0, 0.1) is 23.7 Å². The Kier molecular flexibility index (Phi) is 18.0. The van der Waals surface area contributed by atoms with Crippen LogP contribution in [0.4, 0.5) is 0 Å². The first-order valence-electron chi connectivity index (χ1n) is 19.1. The van der Waals surface area contributed by atoms with Crippen LogP contribution in [-0.4, -0.2) is 97.7 Å². The van der Waals surface area contributed by atoms with Crippen molar-refractivity contribution in [3.8, 4) is 0 Å². The molecule has 0 unspecified atom stereocenters. The van der Waals surface area contributed by atoms with Crippen molar-refractivity contribution in [2.45, 2.75) is 123 Å². The molecule has 0 radical (unpaired) electrons. The number of aromatic nitrogens is 1. The molecule has 13 heteroatoms. The van der Waals surface area contributed by atoms with E-state index in [0.29, 0.717) is 19.4 Å². The maximum absolute atomic E-state index is 14.2. The van der Waals surface area contributed by atoms with Gasteiger partial charge in [-0.3, -0.25) is 29.8 Å². The number of imide groups is 1. The van der Waals surface area contributed by atoms with Crippen molar-refractivity contribution >= 4 is 35.0 Å². The van der Waals surface area contributed by atoms with Crippen molar-refractivity contribution in [3.05, 3.63) is 52.5 Å². The van der Waals surface area contributed by atoms with Crippen LogP contribution in [0.5, 0.6) is 0 Å². The number of ether oxygens (including phenoxy) is 2. The molecule has 4 N–H and O–H groups in total. The van der Waals surface area contributed by atoms with Gasteiger partial charge in [0.05, 0.1) is 48.7 Å². The van der Waals surface area contributed by atoms with Gasteiger partial charge >= 0.3 is 0 Å². The Bertz CT molecular complexity index is 1430. The zero-order valence-corrected chi connectivity index (χ0v) is 34.2. The molecular weight excluding hydrogens is 693 g/mol. The predicted octanol–water partition coefficient (Wildman–Crippen LogP) is 4.51. The molecule has 1 fully saturated rings. The number of carbonyl (C=O) groups is 4. The molecule has 296 valence electrons. The van der Waals surface area contributed by atoms with E-state index in [-0.39, 0.29) is 60.0 Å². The predicted molar refractivity (Wildman–Crippen MR) is 209 cm³/mol. The average molecular weight is 757 g/mol. The molecule has 0 aliphatic carbocycles. The summed E-state index contributed by atoms with van der Waals surface area (Å²) < 4.78 is 12.0. The second kappa shape index (κ2) is 21.6. The summed E-state index contributed by atoms with van der Waals surface area (Å²) in [6, 6.07) is 7.86. The fraction of sp³-hybridized carbons (Fsp3) is 0.675. The average Bonchev–Trinajstić information content (AvgIpc) is 3.85. The van der Waals surface area contributed by atoms with E-state index in [1.165, 1.54) is 11.3 Å². The molecule has 1 aliphatic heterocycles. The highest BCUT2D eigenvalue weighted by Gasteiger charge is 2.42. The van der Waals surface area contributed by atoms with Crippen LogP contribution in [0.25, 0.3) is 0 Å². The number of carbonyl (C=O) groups excluding carboxylic acids is 4. The maximum atomic E-state index is 14.2. The van der Waals surface area contributed by atoms with Gasteiger partial charge in [-0.25, -0.2) is 4.98 Å². The van der Waals surface area contributed by atoms with E-state index in [4.69, 9.17) is 9.47 Å². The summed E-state index contributed by atoms with van der Waals surface area (Å²) in [5.41, 5.74) is 1.09. The minimum atomic E-state index is -0.692. The van der Waals surface area contributed by atoms with Crippen LogP contribution >= 0.6 is 11.3 Å². The van der Waals surface area contributed by atoms with E-state index in [2.05, 4.69) is 40.1 Å². The van der Waals surface area contributed by atoms with Gasteiger partial charge in [-0.1, -0.05) is 85.2 Å². The fourth-order valence-electron chi connectivity index (χ4n) is 7.41. The van der Waals surface area contributed by atoms with E-state index in [9.17, 15) is 19.2 Å². The number of methoxy groups -OCH3 is 2. The van der Waals surface area contributed by atoms with Crippen molar-refractivity contribution in [1.82, 2.24) is 31.2 Å². The third-order valence-electron chi connectivity index (χ3n) is 10.7. The van der Waals surface area contributed by atoms with Crippen molar-refractivity contribution in [3.63, 3.8) is 0 Å². The zero-order valence-electron chi connectivity index (χ0n) is 33.4. The quantitative estimate of drug-likeness (QED) is 0.144. The number of thiazole rings is 1. The zero-order chi connectivity index (χ0) is 39.2. The number of hydrogen-bond donors (Lipinski definition) is 4. The summed E-state index contributed by atoms with van der Waals surface area (Å²) >= 11 is 1.51. The minimum Gasteiger partial charge on any atom is -0.379 e. The molecule has 2 aromatic rings. The third kappa shape index (κ3) is 12.1.